The molecule has 2 aromatic rings. The van der Waals surface area contributed by atoms with Crippen LogP contribution < -0.4 is 0 Å². The number of likely N-dealkylation sites (tertiary alicyclic amines) is 2. The van der Waals surface area contributed by atoms with Crippen molar-refractivity contribution in [3.8, 4) is 0 Å². The number of thiophene rings is 1. The van der Waals surface area contributed by atoms with Crippen molar-refractivity contribution in [1.29, 1.82) is 0 Å². The van der Waals surface area contributed by atoms with Gasteiger partial charge in [0.15, 0.2) is 0 Å². The third kappa shape index (κ3) is 4.24. The maximum Gasteiger partial charge on any atom is 0.227 e. The molecule has 2 aromatic heterocycles. The maximum atomic E-state index is 12.8. The first-order chi connectivity index (χ1) is 13.1. The highest BCUT2D eigenvalue weighted by Crippen LogP contribution is 2.39. The first kappa shape index (κ1) is 18.2. The van der Waals surface area contributed by atoms with Crippen molar-refractivity contribution in [3.63, 3.8) is 0 Å². The molecule has 0 radical (unpaired) electrons. The predicted octanol–water partition coefficient (Wildman–Crippen LogP) is 2.49. The van der Waals surface area contributed by atoms with Gasteiger partial charge in [-0.1, -0.05) is 6.07 Å². The van der Waals surface area contributed by atoms with E-state index in [0.29, 0.717) is 19.4 Å². The Bertz CT molecular complexity index is 768. The molecule has 144 valence electrons. The van der Waals surface area contributed by atoms with Crippen molar-refractivity contribution < 1.29 is 9.59 Å². The van der Waals surface area contributed by atoms with Gasteiger partial charge in [-0.15, -0.1) is 11.3 Å². The van der Waals surface area contributed by atoms with Crippen LogP contribution in [0.5, 0.6) is 0 Å². The van der Waals surface area contributed by atoms with Crippen LogP contribution in [0.15, 0.2) is 30.0 Å². The van der Waals surface area contributed by atoms with Crippen molar-refractivity contribution in [2.24, 2.45) is 5.41 Å². The average molecular weight is 387 g/mol. The largest absolute Gasteiger partial charge is 0.348 e. The standard InChI is InChI=1S/C20H26N4O2S/c25-18-4-7-20(14-24(18)9-5-16-12-21-15-22-16)6-2-8-23(13-20)19(26)11-17-3-1-10-27-17/h1,3,10,12,15H,2,4-9,11,13-14H2,(H,21,22)/t20-/m0/s1. The van der Waals surface area contributed by atoms with E-state index in [4.69, 9.17) is 0 Å². The molecule has 0 aromatic carbocycles. The third-order valence-corrected chi connectivity index (χ3v) is 6.75. The first-order valence-electron chi connectivity index (χ1n) is 9.69. The van der Waals surface area contributed by atoms with E-state index in [0.717, 1.165) is 55.9 Å². The topological polar surface area (TPSA) is 69.3 Å². The van der Waals surface area contributed by atoms with Gasteiger partial charge in [-0.25, -0.2) is 4.98 Å². The molecule has 2 amide bonds. The molecule has 27 heavy (non-hydrogen) atoms. The number of nitrogens with one attached hydrogen (secondary N) is 1. The average Bonchev–Trinajstić information content (AvgIpc) is 3.37. The molecule has 0 aliphatic carbocycles. The van der Waals surface area contributed by atoms with Crippen LogP contribution in [-0.2, 0) is 22.4 Å². The highest BCUT2D eigenvalue weighted by Gasteiger charge is 2.42. The summed E-state index contributed by atoms with van der Waals surface area (Å²) in [5.74, 6) is 0.458. The Morgan fingerprint density at radius 3 is 3.04 bits per heavy atom. The summed E-state index contributed by atoms with van der Waals surface area (Å²) >= 11 is 1.64. The molecule has 7 heteroatoms. The van der Waals surface area contributed by atoms with E-state index in [1.165, 1.54) is 0 Å². The van der Waals surface area contributed by atoms with Gasteiger partial charge in [0.2, 0.25) is 11.8 Å². The second kappa shape index (κ2) is 7.84. The van der Waals surface area contributed by atoms with E-state index in [-0.39, 0.29) is 17.2 Å². The maximum absolute atomic E-state index is 12.8. The molecule has 2 fully saturated rings. The zero-order chi connectivity index (χ0) is 18.7. The van der Waals surface area contributed by atoms with Gasteiger partial charge in [-0.2, -0.15) is 0 Å². The van der Waals surface area contributed by atoms with Gasteiger partial charge in [0.25, 0.3) is 0 Å². The number of hydrogen-bond acceptors (Lipinski definition) is 4. The van der Waals surface area contributed by atoms with Crippen LogP contribution in [0.1, 0.15) is 36.3 Å². The van der Waals surface area contributed by atoms with Gasteiger partial charge in [-0.05, 0) is 30.7 Å². The van der Waals surface area contributed by atoms with Gasteiger partial charge in [0.1, 0.15) is 0 Å². The SMILES string of the molecule is O=C1CC[C@]2(CCCN(C(=O)Cc3cccs3)C2)CN1CCc1cnc[nH]1. The fourth-order valence-electron chi connectivity index (χ4n) is 4.41. The highest BCUT2D eigenvalue weighted by atomic mass is 32.1. The number of nitrogens with zero attached hydrogens (tertiary/aromatic N) is 3. The van der Waals surface area contributed by atoms with E-state index in [1.54, 1.807) is 17.7 Å². The fraction of sp³-hybridized carbons (Fsp3) is 0.550. The number of hydrogen-bond donors (Lipinski definition) is 1. The summed E-state index contributed by atoms with van der Waals surface area (Å²) in [5, 5.41) is 2.02. The van der Waals surface area contributed by atoms with Crippen LogP contribution in [0.4, 0.5) is 0 Å². The van der Waals surface area contributed by atoms with Crippen LogP contribution in [0.3, 0.4) is 0 Å². The molecule has 1 N–H and O–H groups in total. The minimum absolute atomic E-state index is 0.0608. The number of amides is 2. The zero-order valence-electron chi connectivity index (χ0n) is 15.5. The number of H-pyrrole nitrogens is 1. The number of carbonyl (C=O) groups is 2. The molecule has 2 aliphatic heterocycles. The van der Waals surface area contributed by atoms with Crippen molar-refractivity contribution in [1.82, 2.24) is 19.8 Å². The summed E-state index contributed by atoms with van der Waals surface area (Å²) in [4.78, 5) is 37.5. The second-order valence-corrected chi connectivity index (χ2v) is 8.85. The normalized spacial score (nSPS) is 23.2. The molecular formula is C20H26N4O2S. The van der Waals surface area contributed by atoms with Crippen LogP contribution in [-0.4, -0.2) is 57.8 Å². The molecule has 0 bridgehead atoms. The number of aromatic amines is 1. The fourth-order valence-corrected chi connectivity index (χ4v) is 5.11. The second-order valence-electron chi connectivity index (χ2n) is 7.82. The lowest BCUT2D eigenvalue weighted by molar-refractivity contribution is -0.142. The predicted molar refractivity (Wildman–Crippen MR) is 104 cm³/mol. The lowest BCUT2D eigenvalue weighted by Gasteiger charge is -2.48. The molecule has 1 spiro atoms. The van der Waals surface area contributed by atoms with Crippen LogP contribution >= 0.6 is 11.3 Å². The summed E-state index contributed by atoms with van der Waals surface area (Å²) in [6.45, 7) is 3.10. The Morgan fingerprint density at radius 1 is 1.33 bits per heavy atom. The highest BCUT2D eigenvalue weighted by molar-refractivity contribution is 7.10. The summed E-state index contributed by atoms with van der Waals surface area (Å²) in [7, 11) is 0. The molecule has 0 unspecified atom stereocenters. The van der Waals surface area contributed by atoms with Crippen LogP contribution in [0.25, 0.3) is 0 Å². The van der Waals surface area contributed by atoms with E-state index in [2.05, 4.69) is 9.97 Å². The van der Waals surface area contributed by atoms with Crippen molar-refractivity contribution in [3.05, 3.63) is 40.6 Å². The molecule has 0 saturated carbocycles. The van der Waals surface area contributed by atoms with Crippen LogP contribution in [0, 0.1) is 5.41 Å². The Morgan fingerprint density at radius 2 is 2.26 bits per heavy atom. The van der Waals surface area contributed by atoms with E-state index in [9.17, 15) is 9.59 Å². The van der Waals surface area contributed by atoms with Crippen molar-refractivity contribution in [2.45, 2.75) is 38.5 Å². The Balaban J connectivity index is 1.38. The number of piperidine rings is 2. The van der Waals surface area contributed by atoms with E-state index >= 15 is 0 Å². The summed E-state index contributed by atoms with van der Waals surface area (Å²) in [5.41, 5.74) is 1.12. The number of carbonyl (C=O) groups excluding carboxylic acids is 2. The van der Waals surface area contributed by atoms with Crippen LogP contribution in [0.2, 0.25) is 0 Å². The lowest BCUT2D eigenvalue weighted by Crippen LogP contribution is -2.55. The Kier molecular flexibility index (Phi) is 5.29. The molecule has 6 nitrogen and oxygen atoms in total. The Hall–Kier alpha value is -2.15. The van der Waals surface area contributed by atoms with E-state index < -0.39 is 0 Å². The smallest absolute Gasteiger partial charge is 0.227 e. The van der Waals surface area contributed by atoms with Gasteiger partial charge in [-0.3, -0.25) is 9.59 Å². The van der Waals surface area contributed by atoms with Crippen molar-refractivity contribution in [2.75, 3.05) is 26.2 Å². The van der Waals surface area contributed by atoms with Gasteiger partial charge < -0.3 is 14.8 Å². The number of rotatable bonds is 5. The van der Waals surface area contributed by atoms with E-state index in [1.807, 2.05) is 33.5 Å². The van der Waals surface area contributed by atoms with Gasteiger partial charge in [0, 0.05) is 61.2 Å². The zero-order valence-corrected chi connectivity index (χ0v) is 16.3. The molecule has 4 heterocycles. The summed E-state index contributed by atoms with van der Waals surface area (Å²) in [6.07, 6.45) is 8.40. The Labute approximate surface area is 163 Å². The molecule has 2 aliphatic rings. The minimum Gasteiger partial charge on any atom is -0.348 e. The third-order valence-electron chi connectivity index (χ3n) is 5.87. The number of imidazole rings is 1. The quantitative estimate of drug-likeness (QED) is 0.858. The molecule has 4 rings (SSSR count). The minimum atomic E-state index is 0.0608. The first-order valence-corrected chi connectivity index (χ1v) is 10.6. The van der Waals surface area contributed by atoms with Gasteiger partial charge in [0.05, 0.1) is 12.7 Å². The summed E-state index contributed by atoms with van der Waals surface area (Å²) in [6, 6.07) is 4.02. The van der Waals surface area contributed by atoms with Crippen molar-refractivity contribution >= 4 is 23.2 Å². The molecule has 2 saturated heterocycles. The molecule has 1 atom stereocenters. The summed E-state index contributed by atoms with van der Waals surface area (Å²) < 4.78 is 0. The monoisotopic (exact) mass is 386 g/mol. The molecular weight excluding hydrogens is 360 g/mol. The lowest BCUT2D eigenvalue weighted by atomic mass is 9.73. The number of aromatic nitrogens is 2. The van der Waals surface area contributed by atoms with Gasteiger partial charge >= 0.3 is 0 Å².